The second kappa shape index (κ2) is 17.6. The quantitative estimate of drug-likeness (QED) is 0.0739. The van der Waals surface area contributed by atoms with Crippen LogP contribution in [0.4, 0.5) is 24.7 Å². The van der Waals surface area contributed by atoms with Crippen LogP contribution in [-0.2, 0) is 30.8 Å². The lowest BCUT2D eigenvalue weighted by molar-refractivity contribution is -0.139. The van der Waals surface area contributed by atoms with Crippen LogP contribution in [0.25, 0.3) is 12.2 Å². The first-order valence-electron chi connectivity index (χ1n) is 21.2. The molecule has 4 aliphatic rings. The molecule has 350 valence electrons. The Morgan fingerprint density at radius 2 is 1.50 bits per heavy atom. The molecular formula is C50H41Cl2F3N4O9. The number of hydrazine groups is 1. The molecule has 1 aromatic heterocycles. The number of aromatic nitrogens is 1. The third-order valence-corrected chi connectivity index (χ3v) is 14.0. The van der Waals surface area contributed by atoms with Gasteiger partial charge >= 0.3 is 6.18 Å². The zero-order chi connectivity index (χ0) is 48.4. The molecule has 0 bridgehead atoms. The molecule has 0 unspecified atom stereocenters. The van der Waals surface area contributed by atoms with E-state index in [0.29, 0.717) is 50.6 Å². The van der Waals surface area contributed by atoms with Crippen LogP contribution in [0.2, 0.25) is 10.0 Å². The zero-order valence-electron chi connectivity index (χ0n) is 36.6. The molecule has 18 heteroatoms. The van der Waals surface area contributed by atoms with Gasteiger partial charge in [-0.2, -0.15) is 18.2 Å². The first-order valence-corrected chi connectivity index (χ1v) is 22.0. The number of methoxy groups -OCH3 is 4. The number of phenols is 1. The summed E-state index contributed by atoms with van der Waals surface area (Å²) in [4.78, 5) is 65.2. The van der Waals surface area contributed by atoms with Gasteiger partial charge in [0.05, 0.1) is 67.9 Å². The molecule has 3 heterocycles. The minimum absolute atomic E-state index is 0.0625. The number of ether oxygens (including phenoxy) is 4. The van der Waals surface area contributed by atoms with Gasteiger partial charge < -0.3 is 24.1 Å². The monoisotopic (exact) mass is 968 g/mol. The molecule has 1 saturated carbocycles. The predicted octanol–water partition coefficient (Wildman–Crippen LogP) is 9.51. The number of imide groups is 2. The lowest BCUT2D eigenvalue weighted by Crippen LogP contribution is -2.53. The van der Waals surface area contributed by atoms with Crippen LogP contribution in [0.5, 0.6) is 28.7 Å². The van der Waals surface area contributed by atoms with Crippen molar-refractivity contribution in [2.45, 2.75) is 30.4 Å². The number of aromatic hydroxyl groups is 1. The Bertz CT molecular complexity index is 2950. The van der Waals surface area contributed by atoms with Crippen LogP contribution >= 0.6 is 23.2 Å². The van der Waals surface area contributed by atoms with Gasteiger partial charge in [-0.25, -0.2) is 4.98 Å². The number of hydrogen-bond acceptors (Lipinski definition) is 11. The molecule has 2 aliphatic heterocycles. The molecule has 13 nitrogen and oxygen atoms in total. The highest BCUT2D eigenvalue weighted by Gasteiger charge is 2.71. The molecule has 0 radical (unpaired) electrons. The van der Waals surface area contributed by atoms with Gasteiger partial charge in [0.1, 0.15) is 28.7 Å². The molecular weight excluding hydrogens is 928 g/mol. The number of pyridine rings is 1. The summed E-state index contributed by atoms with van der Waals surface area (Å²) < 4.78 is 63.1. The largest absolute Gasteiger partial charge is 0.507 e. The SMILES string of the molecule is COc1ccc(OC)c(C=Cc2ccc(N3C(=O)[C@H]4[C@H](CC=C5[C@H]4C[C@H]4C(=O)N(Nc6ncc(C(F)(F)F)cc6Cl)C(=O)[C@@]4(c4ccc(Cl)cc4)[C@H]5c4c(O)cc(OC)cc4OC)C3=O)cc2)c1. The number of alkyl halides is 3. The second-order valence-electron chi connectivity index (χ2n) is 16.7. The first-order chi connectivity index (χ1) is 32.5. The summed E-state index contributed by atoms with van der Waals surface area (Å²) >= 11 is 12.7. The van der Waals surface area contributed by atoms with Crippen molar-refractivity contribution in [3.63, 3.8) is 0 Å². The van der Waals surface area contributed by atoms with Crippen molar-refractivity contribution < 1.29 is 56.4 Å². The number of phenolic OH excluding ortho intramolecular Hbond substituents is 1. The molecule has 2 aliphatic carbocycles. The summed E-state index contributed by atoms with van der Waals surface area (Å²) in [5.41, 5.74) is 2.22. The van der Waals surface area contributed by atoms with Gasteiger partial charge in [0.25, 0.3) is 11.8 Å². The number of nitrogens with one attached hydrogen (secondary N) is 1. The summed E-state index contributed by atoms with van der Waals surface area (Å²) in [5.74, 6) is -7.22. The van der Waals surface area contributed by atoms with Crippen molar-refractivity contribution in [3.8, 4) is 28.7 Å². The zero-order valence-corrected chi connectivity index (χ0v) is 38.1. The fraction of sp³-hybridized carbons (Fsp3) is 0.260. The van der Waals surface area contributed by atoms with Crippen molar-refractivity contribution in [1.29, 1.82) is 0 Å². The van der Waals surface area contributed by atoms with E-state index in [2.05, 4.69) is 10.4 Å². The van der Waals surface area contributed by atoms with Crippen molar-refractivity contribution in [2.24, 2.45) is 23.7 Å². The molecule has 68 heavy (non-hydrogen) atoms. The van der Waals surface area contributed by atoms with E-state index in [4.69, 9.17) is 42.1 Å². The van der Waals surface area contributed by atoms with Crippen molar-refractivity contribution in [2.75, 3.05) is 38.8 Å². The number of carbonyl (C=O) groups is 4. The fourth-order valence-electron chi connectivity index (χ4n) is 10.4. The Balaban J connectivity index is 1.15. The molecule has 9 rings (SSSR count). The van der Waals surface area contributed by atoms with Gasteiger partial charge in [-0.15, -0.1) is 0 Å². The van der Waals surface area contributed by atoms with Gasteiger partial charge in [-0.3, -0.25) is 29.5 Å². The second-order valence-corrected chi connectivity index (χ2v) is 17.6. The topological polar surface area (TPSA) is 157 Å². The van der Waals surface area contributed by atoms with Gasteiger partial charge in [-0.05, 0) is 78.4 Å². The maximum atomic E-state index is 15.6. The third kappa shape index (κ3) is 7.46. The minimum Gasteiger partial charge on any atom is -0.507 e. The van der Waals surface area contributed by atoms with E-state index < -0.39 is 81.2 Å². The Morgan fingerprint density at radius 1 is 0.794 bits per heavy atom. The molecule has 3 fully saturated rings. The average molecular weight is 970 g/mol. The molecule has 2 N–H and O–H groups in total. The van der Waals surface area contributed by atoms with Crippen LogP contribution < -0.4 is 29.3 Å². The van der Waals surface area contributed by atoms with Gasteiger partial charge in [0, 0.05) is 40.4 Å². The number of hydrogen-bond donors (Lipinski definition) is 2. The number of allylic oxidation sites excluding steroid dienone is 2. The van der Waals surface area contributed by atoms with E-state index in [1.54, 1.807) is 68.8 Å². The van der Waals surface area contributed by atoms with Crippen molar-refractivity contribution in [1.82, 2.24) is 9.99 Å². The summed E-state index contributed by atoms with van der Waals surface area (Å²) in [6.07, 6.45) is 1.14. The standard InChI is InChI=1S/C50H41Cl2F3N4O9/c1-65-31-15-18-39(67-3)26(19-31)8-5-25-6-13-30(14-7-25)58-45(61)34-17-16-33-35(41(34)47(58)63)23-36-46(62)59(57-44-37(52)20-28(24-56-44)50(53,54)55)48(64)49(36,27-9-11-29(51)12-10-27)43(33)42-38(60)21-32(66-2)22-40(42)68-4/h5-16,18-22,24,34-36,41,43,60H,17,23H2,1-4H3,(H,56,57)/t34-,35+,36-,41-,43+,49+/m0/s1. The van der Waals surface area contributed by atoms with Crippen LogP contribution in [0.1, 0.15) is 46.6 Å². The third-order valence-electron chi connectivity index (χ3n) is 13.4. The highest BCUT2D eigenvalue weighted by molar-refractivity contribution is 6.33. The number of nitrogens with zero attached hydrogens (tertiary/aromatic N) is 3. The van der Waals surface area contributed by atoms with Gasteiger partial charge in [0.2, 0.25) is 11.8 Å². The number of halogens is 5. The number of amides is 4. The van der Waals surface area contributed by atoms with Crippen LogP contribution in [0, 0.1) is 23.7 Å². The first kappa shape index (κ1) is 46.1. The lowest BCUT2D eigenvalue weighted by Gasteiger charge is -2.50. The Morgan fingerprint density at radius 3 is 2.15 bits per heavy atom. The summed E-state index contributed by atoms with van der Waals surface area (Å²) in [6.45, 7) is 0. The Labute approximate surface area is 397 Å². The van der Waals surface area contributed by atoms with Crippen LogP contribution in [-0.4, -0.2) is 67.2 Å². The summed E-state index contributed by atoms with van der Waals surface area (Å²) in [5, 5.41) is 12.5. The van der Waals surface area contributed by atoms with E-state index in [9.17, 15) is 27.9 Å². The van der Waals surface area contributed by atoms with E-state index in [-0.39, 0.29) is 35.7 Å². The fourth-order valence-corrected chi connectivity index (χ4v) is 10.7. The van der Waals surface area contributed by atoms with Crippen LogP contribution in [0.3, 0.4) is 0 Å². The lowest BCUT2D eigenvalue weighted by atomic mass is 9.49. The highest BCUT2D eigenvalue weighted by atomic mass is 35.5. The van der Waals surface area contributed by atoms with E-state index in [0.717, 1.165) is 16.0 Å². The Kier molecular flexibility index (Phi) is 11.9. The van der Waals surface area contributed by atoms with E-state index >= 15 is 9.59 Å². The summed E-state index contributed by atoms with van der Waals surface area (Å²) in [7, 11) is 5.88. The number of anilines is 2. The number of benzene rings is 4. The molecule has 4 aromatic carbocycles. The number of rotatable bonds is 11. The Hall–Kier alpha value is -7.04. The van der Waals surface area contributed by atoms with E-state index in [1.165, 1.54) is 38.5 Å². The highest BCUT2D eigenvalue weighted by Crippen LogP contribution is 2.66. The van der Waals surface area contributed by atoms with Gasteiger partial charge in [0.15, 0.2) is 5.82 Å². The van der Waals surface area contributed by atoms with Crippen molar-refractivity contribution in [3.05, 3.63) is 141 Å². The maximum absolute atomic E-state index is 15.6. The molecule has 4 amide bonds. The summed E-state index contributed by atoms with van der Waals surface area (Å²) in [6, 6.07) is 22.0. The number of carbonyl (C=O) groups excluding carboxylic acids is 4. The van der Waals surface area contributed by atoms with E-state index in [1.807, 2.05) is 18.2 Å². The molecule has 6 atom stereocenters. The molecule has 5 aromatic rings. The normalized spacial score (nSPS) is 23.3. The average Bonchev–Trinajstić information content (AvgIpc) is 3.71. The van der Waals surface area contributed by atoms with Crippen LogP contribution in [0.15, 0.2) is 103 Å². The maximum Gasteiger partial charge on any atom is 0.417 e. The smallest absolute Gasteiger partial charge is 0.417 e. The molecule has 2 saturated heterocycles. The predicted molar refractivity (Wildman–Crippen MR) is 245 cm³/mol. The minimum atomic E-state index is -4.79. The molecule has 0 spiro atoms. The number of fused-ring (bicyclic) bond motifs is 4. The van der Waals surface area contributed by atoms with Crippen molar-refractivity contribution >= 4 is 70.5 Å². The van der Waals surface area contributed by atoms with Gasteiger partial charge in [-0.1, -0.05) is 71.3 Å².